The minimum absolute atomic E-state index is 0.0640. The molecule has 2 amide bonds. The largest absolute Gasteiger partial charge is 0.352 e. The number of nitrogens with zero attached hydrogens (tertiary/aromatic N) is 2. The Morgan fingerprint density at radius 1 is 0.944 bits per heavy atom. The predicted octanol–water partition coefficient (Wildman–Crippen LogP) is 5.04. The fourth-order valence-corrected chi connectivity index (χ4v) is 4.88. The average molecular weight is 557 g/mol. The summed E-state index contributed by atoms with van der Waals surface area (Å²) in [5, 5.41) is 3.64. The van der Waals surface area contributed by atoms with Gasteiger partial charge in [0.2, 0.25) is 21.8 Å². The van der Waals surface area contributed by atoms with E-state index < -0.39 is 28.5 Å². The number of nitrogens with one attached hydrogen (secondary N) is 1. The molecular weight excluding hydrogens is 521 g/mol. The Bertz CT molecular complexity index is 1160. The molecule has 0 fully saturated rings. The molecule has 0 spiro atoms. The van der Waals surface area contributed by atoms with Crippen LogP contribution in [0.1, 0.15) is 51.7 Å². The monoisotopic (exact) mass is 555 g/mol. The van der Waals surface area contributed by atoms with E-state index in [0.29, 0.717) is 27.7 Å². The normalized spacial score (nSPS) is 13.1. The predicted molar refractivity (Wildman–Crippen MR) is 147 cm³/mol. The molecule has 2 rings (SSSR count). The van der Waals surface area contributed by atoms with Gasteiger partial charge in [0.25, 0.3) is 0 Å². The lowest BCUT2D eigenvalue weighted by molar-refractivity contribution is -0.140. The van der Waals surface area contributed by atoms with Crippen molar-refractivity contribution >= 4 is 50.7 Å². The Hall–Kier alpha value is -2.29. The maximum Gasteiger partial charge on any atom is 0.244 e. The van der Waals surface area contributed by atoms with Crippen LogP contribution < -0.4 is 9.62 Å². The zero-order chi connectivity index (χ0) is 27.0. The van der Waals surface area contributed by atoms with Crippen LogP contribution >= 0.6 is 23.2 Å². The van der Waals surface area contributed by atoms with E-state index in [-0.39, 0.29) is 18.5 Å². The first-order valence-electron chi connectivity index (χ1n) is 12.0. The van der Waals surface area contributed by atoms with Crippen molar-refractivity contribution in [3.05, 3.63) is 63.6 Å². The molecule has 0 saturated heterocycles. The summed E-state index contributed by atoms with van der Waals surface area (Å²) in [4.78, 5) is 28.2. The van der Waals surface area contributed by atoms with E-state index >= 15 is 0 Å². The second-order valence-electron chi connectivity index (χ2n) is 8.80. The zero-order valence-electron chi connectivity index (χ0n) is 21.4. The highest BCUT2D eigenvalue weighted by Crippen LogP contribution is 2.25. The lowest BCUT2D eigenvalue weighted by Crippen LogP contribution is -2.53. The zero-order valence-corrected chi connectivity index (χ0v) is 23.8. The number of hydrogen-bond donors (Lipinski definition) is 1. The van der Waals surface area contributed by atoms with Gasteiger partial charge in [-0.25, -0.2) is 8.42 Å². The van der Waals surface area contributed by atoms with Gasteiger partial charge in [0.1, 0.15) is 12.6 Å². The van der Waals surface area contributed by atoms with Gasteiger partial charge in [0.05, 0.1) is 22.0 Å². The summed E-state index contributed by atoms with van der Waals surface area (Å²) < 4.78 is 26.4. The molecule has 7 nitrogen and oxygen atoms in total. The molecule has 0 aliphatic heterocycles. The Morgan fingerprint density at radius 3 is 2.06 bits per heavy atom. The van der Waals surface area contributed by atoms with Gasteiger partial charge >= 0.3 is 0 Å². The summed E-state index contributed by atoms with van der Waals surface area (Å²) in [6.45, 7) is 7.28. The third kappa shape index (κ3) is 8.11. The van der Waals surface area contributed by atoms with Gasteiger partial charge in [0, 0.05) is 12.6 Å². The molecule has 0 unspecified atom stereocenters. The van der Waals surface area contributed by atoms with Gasteiger partial charge < -0.3 is 10.2 Å². The smallest absolute Gasteiger partial charge is 0.244 e. The number of carbonyl (C=O) groups is 2. The molecule has 2 aromatic carbocycles. The van der Waals surface area contributed by atoms with Gasteiger partial charge in [0.15, 0.2) is 0 Å². The third-order valence-corrected chi connectivity index (χ3v) is 7.92. The van der Waals surface area contributed by atoms with Crippen molar-refractivity contribution in [1.29, 1.82) is 0 Å². The summed E-state index contributed by atoms with van der Waals surface area (Å²) in [6, 6.07) is 11.2. The van der Waals surface area contributed by atoms with Crippen LogP contribution in [0.4, 0.5) is 5.69 Å². The summed E-state index contributed by atoms with van der Waals surface area (Å²) in [7, 11) is -3.78. The second kappa shape index (κ2) is 13.3. The van der Waals surface area contributed by atoms with Crippen molar-refractivity contribution in [3.63, 3.8) is 0 Å². The van der Waals surface area contributed by atoms with Crippen molar-refractivity contribution in [3.8, 4) is 0 Å². The molecule has 0 aromatic heterocycles. The minimum Gasteiger partial charge on any atom is -0.352 e. The van der Waals surface area contributed by atoms with E-state index in [9.17, 15) is 18.0 Å². The fourth-order valence-electron chi connectivity index (χ4n) is 3.71. The van der Waals surface area contributed by atoms with Gasteiger partial charge in [-0.1, -0.05) is 62.2 Å². The number of anilines is 1. The summed E-state index contributed by atoms with van der Waals surface area (Å²) >= 11 is 12.2. The van der Waals surface area contributed by atoms with Gasteiger partial charge in [-0.3, -0.25) is 13.9 Å². The summed E-state index contributed by atoms with van der Waals surface area (Å²) in [5.41, 5.74) is 2.10. The number of halogens is 2. The fraction of sp³-hybridized carbons (Fsp3) is 0.462. The lowest BCUT2D eigenvalue weighted by Gasteiger charge is -2.33. The van der Waals surface area contributed by atoms with Crippen LogP contribution in [-0.4, -0.2) is 50.0 Å². The number of sulfonamides is 1. The maximum absolute atomic E-state index is 13.7. The van der Waals surface area contributed by atoms with Crippen LogP contribution in [0, 0.1) is 0 Å². The molecule has 36 heavy (non-hydrogen) atoms. The summed E-state index contributed by atoms with van der Waals surface area (Å²) in [5.74, 6) is -0.796. The third-order valence-electron chi connectivity index (χ3n) is 6.04. The highest BCUT2D eigenvalue weighted by Gasteiger charge is 2.32. The van der Waals surface area contributed by atoms with Crippen LogP contribution in [0.3, 0.4) is 0 Å². The number of benzene rings is 2. The molecule has 0 saturated carbocycles. The van der Waals surface area contributed by atoms with Crippen LogP contribution in [0.15, 0.2) is 42.5 Å². The molecule has 10 heteroatoms. The summed E-state index contributed by atoms with van der Waals surface area (Å²) in [6.07, 6.45) is 2.95. The molecule has 0 aliphatic rings. The van der Waals surface area contributed by atoms with E-state index in [1.54, 1.807) is 30.3 Å². The number of amides is 2. The van der Waals surface area contributed by atoms with Crippen molar-refractivity contribution in [2.24, 2.45) is 0 Å². The SMILES string of the molecule is CCc1ccc(N(CC(=O)N(Cc2ccc(Cl)c(Cl)c2)[C@@H](CC)C(=O)N[C@@H](C)CC)S(C)(=O)=O)cc1. The van der Waals surface area contributed by atoms with Crippen LogP contribution in [0.5, 0.6) is 0 Å². The van der Waals surface area contributed by atoms with E-state index in [1.807, 2.05) is 39.8 Å². The first-order chi connectivity index (χ1) is 16.9. The molecule has 0 aliphatic carbocycles. The standard InChI is InChI=1S/C26H35Cl2N3O4S/c1-6-18(4)29-26(33)24(8-3)30(16-20-11-14-22(27)23(28)15-20)25(32)17-31(36(5,34)35)21-12-9-19(7-2)10-13-21/h9-15,18,24H,6-8,16-17H2,1-5H3,(H,29,33)/t18-,24-/m0/s1. The molecule has 2 aromatic rings. The minimum atomic E-state index is -3.78. The molecular formula is C26H35Cl2N3O4S. The highest BCUT2D eigenvalue weighted by molar-refractivity contribution is 7.92. The van der Waals surface area contributed by atoms with Crippen molar-refractivity contribution in [2.45, 2.75) is 65.6 Å². The Kier molecular flexibility index (Phi) is 11.1. The van der Waals surface area contributed by atoms with E-state index in [0.717, 1.165) is 29.0 Å². The van der Waals surface area contributed by atoms with Gasteiger partial charge in [-0.2, -0.15) is 0 Å². The molecule has 198 valence electrons. The van der Waals surface area contributed by atoms with Gasteiger partial charge in [-0.15, -0.1) is 0 Å². The lowest BCUT2D eigenvalue weighted by atomic mass is 10.1. The number of hydrogen-bond acceptors (Lipinski definition) is 4. The number of aryl methyl sites for hydroxylation is 1. The second-order valence-corrected chi connectivity index (χ2v) is 11.5. The quantitative estimate of drug-likeness (QED) is 0.397. The molecule has 2 atom stereocenters. The van der Waals surface area contributed by atoms with Crippen LogP contribution in [0.2, 0.25) is 10.0 Å². The van der Waals surface area contributed by atoms with Crippen LogP contribution in [0.25, 0.3) is 0 Å². The van der Waals surface area contributed by atoms with Crippen molar-refractivity contribution < 1.29 is 18.0 Å². The van der Waals surface area contributed by atoms with Gasteiger partial charge in [-0.05, 0) is 61.6 Å². The van der Waals surface area contributed by atoms with E-state index in [1.165, 1.54) is 4.90 Å². The first kappa shape index (κ1) is 29.9. The number of rotatable bonds is 12. The van der Waals surface area contributed by atoms with E-state index in [2.05, 4.69) is 5.32 Å². The Balaban J connectivity index is 2.45. The first-order valence-corrected chi connectivity index (χ1v) is 14.6. The van der Waals surface area contributed by atoms with Crippen molar-refractivity contribution in [2.75, 3.05) is 17.1 Å². The molecule has 1 N–H and O–H groups in total. The van der Waals surface area contributed by atoms with Crippen molar-refractivity contribution in [1.82, 2.24) is 10.2 Å². The van der Waals surface area contributed by atoms with E-state index in [4.69, 9.17) is 23.2 Å². The number of carbonyl (C=O) groups excluding carboxylic acids is 2. The van der Waals surface area contributed by atoms with Crippen LogP contribution in [-0.2, 0) is 32.6 Å². The molecule has 0 radical (unpaired) electrons. The Labute approximate surface area is 224 Å². The Morgan fingerprint density at radius 2 is 1.56 bits per heavy atom. The molecule has 0 bridgehead atoms. The topological polar surface area (TPSA) is 86.8 Å². The molecule has 0 heterocycles. The maximum atomic E-state index is 13.7. The average Bonchev–Trinajstić information content (AvgIpc) is 2.83. The highest BCUT2D eigenvalue weighted by atomic mass is 35.5.